The van der Waals surface area contributed by atoms with Crippen LogP contribution in [-0.2, 0) is 19.1 Å². The van der Waals surface area contributed by atoms with Gasteiger partial charge in [0.05, 0.1) is 51.0 Å². The van der Waals surface area contributed by atoms with Crippen molar-refractivity contribution in [2.24, 2.45) is 17.3 Å². The average Bonchev–Trinajstić information content (AvgIpc) is 3.32. The standard InChI is InChI=1S/C30H41NO6S/c1-7-9-20-27(34)17(2)10-8-13-30(6)25(37-30)15-22(19-11-12-23-21(14-19)31-18(3)38-23)36-26(33)16-24(32)29(4,5)28(20)35/h7,11-12,14,17,20,22,24-25,27,32,34H,1,8-10,13,15-16H2,2-6H3. The lowest BCUT2D eigenvalue weighted by molar-refractivity contribution is -0.156. The molecule has 0 radical (unpaired) electrons. The van der Waals surface area contributed by atoms with Crippen LogP contribution < -0.4 is 0 Å². The summed E-state index contributed by atoms with van der Waals surface area (Å²) in [6.07, 6.45) is 1.71. The molecular weight excluding hydrogens is 502 g/mol. The molecule has 2 aliphatic heterocycles. The molecule has 3 heterocycles. The van der Waals surface area contributed by atoms with Crippen molar-refractivity contribution in [2.45, 2.75) is 103 Å². The number of hydrogen-bond acceptors (Lipinski definition) is 8. The number of rotatable bonds is 3. The first-order valence-electron chi connectivity index (χ1n) is 13.6. The Morgan fingerprint density at radius 2 is 1.97 bits per heavy atom. The number of allylic oxidation sites excluding steroid dienone is 1. The van der Waals surface area contributed by atoms with Gasteiger partial charge in [0.15, 0.2) is 0 Å². The van der Waals surface area contributed by atoms with Gasteiger partial charge in [0, 0.05) is 12.3 Å². The molecule has 7 atom stereocenters. The second kappa shape index (κ2) is 11.2. The summed E-state index contributed by atoms with van der Waals surface area (Å²) in [6, 6.07) is 5.92. The van der Waals surface area contributed by atoms with Crippen molar-refractivity contribution in [3.63, 3.8) is 0 Å². The van der Waals surface area contributed by atoms with Crippen LogP contribution in [0.4, 0.5) is 0 Å². The third-order valence-corrected chi connectivity index (χ3v) is 9.49. The van der Waals surface area contributed by atoms with Gasteiger partial charge in [0.1, 0.15) is 11.9 Å². The molecule has 8 heteroatoms. The number of hydrogen-bond donors (Lipinski definition) is 2. The van der Waals surface area contributed by atoms with E-state index in [9.17, 15) is 19.8 Å². The van der Waals surface area contributed by atoms with E-state index in [0.29, 0.717) is 12.8 Å². The maximum absolute atomic E-state index is 13.6. The third-order valence-electron chi connectivity index (χ3n) is 8.54. The zero-order valence-corrected chi connectivity index (χ0v) is 23.9. The number of aryl methyl sites for hydroxylation is 1. The van der Waals surface area contributed by atoms with E-state index in [1.807, 2.05) is 32.0 Å². The number of aromatic nitrogens is 1. The van der Waals surface area contributed by atoms with Crippen LogP contribution in [-0.4, -0.2) is 50.9 Å². The predicted molar refractivity (Wildman–Crippen MR) is 148 cm³/mol. The molecule has 7 nitrogen and oxygen atoms in total. The van der Waals surface area contributed by atoms with Gasteiger partial charge in [-0.05, 0) is 56.7 Å². The minimum Gasteiger partial charge on any atom is -0.457 e. The number of aliphatic hydroxyl groups is 2. The highest BCUT2D eigenvalue weighted by Crippen LogP contribution is 2.47. The summed E-state index contributed by atoms with van der Waals surface area (Å²) in [5.74, 6) is -1.68. The number of aliphatic hydroxyl groups excluding tert-OH is 2. The first-order chi connectivity index (χ1) is 17.9. The Labute approximate surface area is 229 Å². The van der Waals surface area contributed by atoms with Gasteiger partial charge in [-0.3, -0.25) is 9.59 Å². The number of epoxide rings is 1. The molecule has 0 amide bonds. The number of ether oxygens (including phenoxy) is 2. The van der Waals surface area contributed by atoms with E-state index in [4.69, 9.17) is 9.47 Å². The van der Waals surface area contributed by atoms with Crippen LogP contribution >= 0.6 is 11.3 Å². The minimum absolute atomic E-state index is 0.0715. The van der Waals surface area contributed by atoms with Crippen molar-refractivity contribution < 1.29 is 29.3 Å². The van der Waals surface area contributed by atoms with Gasteiger partial charge in [-0.1, -0.05) is 39.3 Å². The topological polar surface area (TPSA) is 109 Å². The molecule has 2 aliphatic rings. The van der Waals surface area contributed by atoms with Crippen LogP contribution in [0.15, 0.2) is 30.9 Å². The zero-order chi connectivity index (χ0) is 27.8. The fourth-order valence-electron chi connectivity index (χ4n) is 5.70. The molecule has 2 fully saturated rings. The number of nitrogens with zero attached hydrogens (tertiary/aromatic N) is 1. The van der Waals surface area contributed by atoms with Gasteiger partial charge < -0.3 is 19.7 Å². The second-order valence-electron chi connectivity index (χ2n) is 11.9. The number of cyclic esters (lactones) is 1. The maximum atomic E-state index is 13.6. The van der Waals surface area contributed by atoms with E-state index in [0.717, 1.165) is 40.1 Å². The molecule has 1 aromatic heterocycles. The lowest BCUT2D eigenvalue weighted by Crippen LogP contribution is -2.46. The van der Waals surface area contributed by atoms with Gasteiger partial charge in [-0.2, -0.15) is 0 Å². The third kappa shape index (κ3) is 6.03. The Morgan fingerprint density at radius 1 is 1.24 bits per heavy atom. The Morgan fingerprint density at radius 3 is 2.68 bits per heavy atom. The van der Waals surface area contributed by atoms with Gasteiger partial charge in [0.25, 0.3) is 0 Å². The van der Waals surface area contributed by atoms with E-state index in [1.54, 1.807) is 31.3 Å². The van der Waals surface area contributed by atoms with E-state index < -0.39 is 35.6 Å². The summed E-state index contributed by atoms with van der Waals surface area (Å²) in [7, 11) is 0. The average molecular weight is 544 g/mol. The fourth-order valence-corrected chi connectivity index (χ4v) is 6.51. The van der Waals surface area contributed by atoms with E-state index in [2.05, 4.69) is 18.5 Å². The lowest BCUT2D eigenvalue weighted by Gasteiger charge is -2.35. The van der Waals surface area contributed by atoms with Gasteiger partial charge >= 0.3 is 5.97 Å². The van der Waals surface area contributed by atoms with Crippen molar-refractivity contribution in [3.8, 4) is 0 Å². The molecule has 7 unspecified atom stereocenters. The van der Waals surface area contributed by atoms with Crippen LogP contribution in [0.2, 0.25) is 0 Å². The van der Waals surface area contributed by atoms with Crippen molar-refractivity contribution in [3.05, 3.63) is 41.4 Å². The zero-order valence-electron chi connectivity index (χ0n) is 23.1. The van der Waals surface area contributed by atoms with Crippen LogP contribution in [0.25, 0.3) is 10.2 Å². The number of fused-ring (bicyclic) bond motifs is 2. The Hall–Kier alpha value is -2.13. The van der Waals surface area contributed by atoms with Crippen LogP contribution in [0.5, 0.6) is 0 Å². The molecule has 38 heavy (non-hydrogen) atoms. The first-order valence-corrected chi connectivity index (χ1v) is 14.4. The molecule has 0 saturated carbocycles. The Kier molecular flexibility index (Phi) is 8.48. The number of ketones is 1. The SMILES string of the molecule is C=CCC1C(=O)C(C)(C)C(O)CC(=O)OC(c2ccc3sc(C)nc3c2)CC2OC2(C)CCCC(C)C1O. The highest BCUT2D eigenvalue weighted by Gasteiger charge is 2.53. The summed E-state index contributed by atoms with van der Waals surface area (Å²) in [6.45, 7) is 13.0. The molecular formula is C30H41NO6S. The number of carbonyl (C=O) groups is 2. The van der Waals surface area contributed by atoms with Crippen LogP contribution in [0.1, 0.15) is 82.9 Å². The minimum atomic E-state index is -1.27. The number of esters is 1. The smallest absolute Gasteiger partial charge is 0.309 e. The first kappa shape index (κ1) is 28.9. The van der Waals surface area contributed by atoms with Crippen LogP contribution in [0.3, 0.4) is 0 Å². The Balaban J connectivity index is 1.63. The molecule has 2 aromatic rings. The highest BCUT2D eigenvalue weighted by molar-refractivity contribution is 7.18. The van der Waals surface area contributed by atoms with Gasteiger partial charge in [-0.25, -0.2) is 4.98 Å². The van der Waals surface area contributed by atoms with E-state index in [-0.39, 0.29) is 29.8 Å². The second-order valence-corrected chi connectivity index (χ2v) is 13.1. The number of Topliss-reactive ketones (excluding diaryl/α,β-unsaturated/α-hetero) is 1. The van der Waals surface area contributed by atoms with Crippen LogP contribution in [0, 0.1) is 24.2 Å². The van der Waals surface area contributed by atoms with Crippen molar-refractivity contribution >= 4 is 33.3 Å². The monoisotopic (exact) mass is 543 g/mol. The predicted octanol–water partition coefficient (Wildman–Crippen LogP) is 5.46. The van der Waals surface area contributed by atoms with Gasteiger partial charge in [-0.15, -0.1) is 17.9 Å². The largest absolute Gasteiger partial charge is 0.457 e. The van der Waals surface area contributed by atoms with Crippen molar-refractivity contribution in [1.82, 2.24) is 4.98 Å². The molecule has 2 N–H and O–H groups in total. The highest BCUT2D eigenvalue weighted by atomic mass is 32.1. The molecule has 0 spiro atoms. The summed E-state index contributed by atoms with van der Waals surface area (Å²) in [5, 5.41) is 23.2. The van der Waals surface area contributed by atoms with E-state index in [1.165, 1.54) is 0 Å². The molecule has 2 saturated heterocycles. The summed E-state index contributed by atoms with van der Waals surface area (Å²) in [4.78, 5) is 31.3. The fraction of sp³-hybridized carbons (Fsp3) is 0.633. The summed E-state index contributed by atoms with van der Waals surface area (Å²) >= 11 is 1.61. The van der Waals surface area contributed by atoms with Crippen molar-refractivity contribution in [2.75, 3.05) is 0 Å². The number of thiazole rings is 1. The molecule has 208 valence electrons. The van der Waals surface area contributed by atoms with Crippen molar-refractivity contribution in [1.29, 1.82) is 0 Å². The normalized spacial score (nSPS) is 34.9. The number of carbonyl (C=O) groups excluding carboxylic acids is 2. The molecule has 1 aromatic carbocycles. The molecule has 0 bridgehead atoms. The number of benzene rings is 1. The lowest BCUT2D eigenvalue weighted by atomic mass is 9.71. The summed E-state index contributed by atoms with van der Waals surface area (Å²) in [5.41, 5.74) is 0.115. The maximum Gasteiger partial charge on any atom is 0.309 e. The van der Waals surface area contributed by atoms with Gasteiger partial charge in [0.2, 0.25) is 0 Å². The molecule has 0 aliphatic carbocycles. The molecule has 4 rings (SSSR count). The Bertz CT molecular complexity index is 1190. The van der Waals surface area contributed by atoms with E-state index >= 15 is 0 Å². The quantitative estimate of drug-likeness (QED) is 0.301. The summed E-state index contributed by atoms with van der Waals surface area (Å²) < 4.78 is 13.2.